The molecule has 10 nitrogen and oxygen atoms in total. The van der Waals surface area contributed by atoms with Crippen molar-refractivity contribution in [1.82, 2.24) is 0 Å². The molecule has 1 saturated heterocycles. The number of carbonyl (C=O) groups is 4. The number of Topliss-reactive ketones (excluding diaryl/α,β-unsaturated/α-hetero) is 1. The molecule has 1 heterocycles. The summed E-state index contributed by atoms with van der Waals surface area (Å²) in [4.78, 5) is 48.8. The number of aliphatic hydroxyl groups excluding tert-OH is 1. The van der Waals surface area contributed by atoms with E-state index in [0.29, 0.717) is 24.8 Å². The first-order chi connectivity index (χ1) is 18.2. The van der Waals surface area contributed by atoms with Crippen LogP contribution < -0.4 is 4.74 Å². The lowest BCUT2D eigenvalue weighted by atomic mass is 9.91. The van der Waals surface area contributed by atoms with Gasteiger partial charge in [0.05, 0.1) is 18.3 Å². The summed E-state index contributed by atoms with van der Waals surface area (Å²) in [5.74, 6) is -1.73. The highest BCUT2D eigenvalue weighted by Gasteiger charge is 2.48. The third kappa shape index (κ3) is 10.3. The Balaban J connectivity index is 2.16. The zero-order valence-electron chi connectivity index (χ0n) is 24.0. The number of benzene rings is 1. The van der Waals surface area contributed by atoms with Gasteiger partial charge < -0.3 is 28.8 Å². The van der Waals surface area contributed by atoms with Crippen LogP contribution in [0.4, 0.5) is 0 Å². The standard InChI is InChI=1S/C29H42O10/c1-17-18(2)35-28(27(37-20(4)32)26(17)36-19(3)31)38-24-14-13-21(16-30)15-22(24)23(33)11-9-8-10-12-25(34)39-29(5,6)7/h13-15,17-18,26-28,30H,8-12,16H2,1-7H3/t17-,18-,26+,27-,28+/m1/s1. The van der Waals surface area contributed by atoms with E-state index >= 15 is 0 Å². The Hall–Kier alpha value is -2.98. The lowest BCUT2D eigenvalue weighted by Gasteiger charge is -2.43. The minimum Gasteiger partial charge on any atom is -0.460 e. The van der Waals surface area contributed by atoms with E-state index in [1.165, 1.54) is 13.8 Å². The van der Waals surface area contributed by atoms with E-state index in [9.17, 15) is 24.3 Å². The highest BCUT2D eigenvalue weighted by atomic mass is 16.7. The topological polar surface area (TPSA) is 135 Å². The van der Waals surface area contributed by atoms with Crippen LogP contribution in [0.2, 0.25) is 0 Å². The summed E-state index contributed by atoms with van der Waals surface area (Å²) in [6, 6.07) is 4.73. The molecule has 5 atom stereocenters. The van der Waals surface area contributed by atoms with E-state index in [0.717, 1.165) is 0 Å². The first-order valence-electron chi connectivity index (χ1n) is 13.4. The quantitative estimate of drug-likeness (QED) is 0.174. The van der Waals surface area contributed by atoms with Gasteiger partial charge >= 0.3 is 17.9 Å². The molecule has 0 aromatic heterocycles. The second kappa shape index (κ2) is 14.4. The molecule has 0 spiro atoms. The number of unbranched alkanes of at least 4 members (excludes halogenated alkanes) is 2. The molecule has 1 aliphatic heterocycles. The minimum atomic E-state index is -1.15. The number of hydrogen-bond acceptors (Lipinski definition) is 10. The van der Waals surface area contributed by atoms with Gasteiger partial charge in [-0.05, 0) is 58.2 Å². The molecule has 218 valence electrons. The highest BCUT2D eigenvalue weighted by Crippen LogP contribution is 2.33. The maximum absolute atomic E-state index is 13.2. The van der Waals surface area contributed by atoms with Crippen LogP contribution in [0.25, 0.3) is 0 Å². The number of carbonyl (C=O) groups excluding carboxylic acids is 4. The molecule has 2 rings (SSSR count). The number of esters is 3. The van der Waals surface area contributed by atoms with Gasteiger partial charge in [-0.1, -0.05) is 19.4 Å². The zero-order valence-corrected chi connectivity index (χ0v) is 24.0. The molecule has 1 aromatic rings. The normalized spacial score (nSPS) is 23.0. The molecule has 0 amide bonds. The summed E-state index contributed by atoms with van der Waals surface area (Å²) < 4.78 is 28.3. The third-order valence-corrected chi connectivity index (χ3v) is 6.28. The number of aliphatic hydroxyl groups is 1. The van der Waals surface area contributed by atoms with Gasteiger partial charge in [-0.25, -0.2) is 0 Å². The Kier molecular flexibility index (Phi) is 11.9. The van der Waals surface area contributed by atoms with Crippen molar-refractivity contribution < 1.29 is 48.0 Å². The van der Waals surface area contributed by atoms with Crippen molar-refractivity contribution in [2.24, 2.45) is 5.92 Å². The molecule has 1 aliphatic rings. The molecule has 1 N–H and O–H groups in total. The van der Waals surface area contributed by atoms with Crippen LogP contribution in [-0.4, -0.2) is 59.0 Å². The molecule has 10 heteroatoms. The maximum atomic E-state index is 13.2. The monoisotopic (exact) mass is 550 g/mol. The van der Waals surface area contributed by atoms with Gasteiger partial charge in [0, 0.05) is 32.6 Å². The van der Waals surface area contributed by atoms with E-state index in [2.05, 4.69) is 0 Å². The second-order valence-corrected chi connectivity index (χ2v) is 10.9. The summed E-state index contributed by atoms with van der Waals surface area (Å²) in [5.41, 5.74) is 0.233. The summed E-state index contributed by atoms with van der Waals surface area (Å²) >= 11 is 0. The first-order valence-corrected chi connectivity index (χ1v) is 13.4. The minimum absolute atomic E-state index is 0.191. The van der Waals surface area contributed by atoms with Gasteiger partial charge in [0.2, 0.25) is 12.4 Å². The molecule has 0 unspecified atom stereocenters. The Morgan fingerprint density at radius 1 is 0.923 bits per heavy atom. The van der Waals surface area contributed by atoms with Gasteiger partial charge in [0.25, 0.3) is 0 Å². The average molecular weight is 551 g/mol. The Morgan fingerprint density at radius 2 is 1.54 bits per heavy atom. The number of rotatable bonds is 12. The summed E-state index contributed by atoms with van der Waals surface area (Å²) in [7, 11) is 0. The van der Waals surface area contributed by atoms with Crippen LogP contribution >= 0.6 is 0 Å². The van der Waals surface area contributed by atoms with Crippen molar-refractivity contribution in [2.75, 3.05) is 0 Å². The maximum Gasteiger partial charge on any atom is 0.306 e. The van der Waals surface area contributed by atoms with Crippen molar-refractivity contribution >= 4 is 23.7 Å². The molecule has 1 fully saturated rings. The van der Waals surface area contributed by atoms with E-state index < -0.39 is 42.1 Å². The van der Waals surface area contributed by atoms with Crippen LogP contribution in [0.15, 0.2) is 18.2 Å². The second-order valence-electron chi connectivity index (χ2n) is 10.9. The summed E-state index contributed by atoms with van der Waals surface area (Å²) in [5, 5.41) is 9.63. The average Bonchev–Trinajstić information content (AvgIpc) is 2.82. The van der Waals surface area contributed by atoms with Crippen LogP contribution in [0.5, 0.6) is 5.75 Å². The van der Waals surface area contributed by atoms with Gasteiger partial charge in [-0.2, -0.15) is 0 Å². The smallest absolute Gasteiger partial charge is 0.306 e. The number of ketones is 1. The Bertz CT molecular complexity index is 1010. The zero-order chi connectivity index (χ0) is 29.3. The van der Waals surface area contributed by atoms with Crippen LogP contribution in [0.3, 0.4) is 0 Å². The highest BCUT2D eigenvalue weighted by molar-refractivity contribution is 5.98. The third-order valence-electron chi connectivity index (χ3n) is 6.28. The van der Waals surface area contributed by atoms with Crippen LogP contribution in [0.1, 0.15) is 96.5 Å². The van der Waals surface area contributed by atoms with E-state index in [1.54, 1.807) is 25.1 Å². The number of hydrogen-bond donors (Lipinski definition) is 1. The van der Waals surface area contributed by atoms with Crippen LogP contribution in [0, 0.1) is 5.92 Å². The molecular weight excluding hydrogens is 508 g/mol. The first kappa shape index (κ1) is 32.2. The lowest BCUT2D eigenvalue weighted by molar-refractivity contribution is -0.263. The summed E-state index contributed by atoms with van der Waals surface area (Å²) in [6.07, 6.45) is -1.18. The van der Waals surface area contributed by atoms with Crippen molar-refractivity contribution in [3.05, 3.63) is 29.3 Å². The van der Waals surface area contributed by atoms with Crippen molar-refractivity contribution in [2.45, 2.75) is 117 Å². The fraction of sp³-hybridized carbons (Fsp3) is 0.655. The lowest BCUT2D eigenvalue weighted by Crippen LogP contribution is -2.57. The van der Waals surface area contributed by atoms with Crippen LogP contribution in [-0.2, 0) is 39.9 Å². The largest absolute Gasteiger partial charge is 0.460 e. The van der Waals surface area contributed by atoms with Crippen molar-refractivity contribution in [3.63, 3.8) is 0 Å². The van der Waals surface area contributed by atoms with Gasteiger partial charge in [0.1, 0.15) is 17.5 Å². The Labute approximate surface area is 230 Å². The van der Waals surface area contributed by atoms with Crippen molar-refractivity contribution in [1.29, 1.82) is 0 Å². The van der Waals surface area contributed by atoms with E-state index in [4.69, 9.17) is 23.7 Å². The fourth-order valence-corrected chi connectivity index (χ4v) is 4.29. The van der Waals surface area contributed by atoms with Crippen molar-refractivity contribution in [3.8, 4) is 5.75 Å². The predicted molar refractivity (Wildman–Crippen MR) is 141 cm³/mol. The molecule has 0 aliphatic carbocycles. The SMILES string of the molecule is CC(=O)O[C@H]1[C@H](Oc2ccc(CO)cc2C(=O)CCCCCC(=O)OC(C)(C)C)O[C@H](C)[C@@H](C)[C@@H]1OC(C)=O. The summed E-state index contributed by atoms with van der Waals surface area (Å²) in [6.45, 7) is 11.3. The van der Waals surface area contributed by atoms with E-state index in [1.807, 2.05) is 27.7 Å². The molecule has 1 aromatic carbocycles. The fourth-order valence-electron chi connectivity index (χ4n) is 4.29. The molecule has 0 bridgehead atoms. The molecule has 39 heavy (non-hydrogen) atoms. The van der Waals surface area contributed by atoms with Gasteiger partial charge in [0.15, 0.2) is 5.78 Å². The van der Waals surface area contributed by atoms with E-state index in [-0.39, 0.29) is 48.4 Å². The molecule has 0 radical (unpaired) electrons. The van der Waals surface area contributed by atoms with Gasteiger partial charge in [-0.3, -0.25) is 19.2 Å². The molecule has 0 saturated carbocycles. The molecular formula is C29H42O10. The number of ether oxygens (including phenoxy) is 5. The van der Waals surface area contributed by atoms with Gasteiger partial charge in [-0.15, -0.1) is 0 Å². The predicted octanol–water partition coefficient (Wildman–Crippen LogP) is 4.28. The Morgan fingerprint density at radius 3 is 2.13 bits per heavy atom.